The largest absolute Gasteiger partial charge is 0.573 e. The van der Waals surface area contributed by atoms with Crippen LogP contribution in [-0.2, 0) is 0 Å². The van der Waals surface area contributed by atoms with Crippen LogP contribution in [0.15, 0.2) is 29.1 Å². The fourth-order valence-corrected chi connectivity index (χ4v) is 2.54. The molecule has 0 fully saturated rings. The number of halogens is 5. The SMILES string of the molecule is O=c1c(Cl)c(Cl)sn1-c1ccc(OC(F)(F)F)cc1. The van der Waals surface area contributed by atoms with Crippen molar-refractivity contribution in [3.63, 3.8) is 0 Å². The van der Waals surface area contributed by atoms with E-state index in [4.69, 9.17) is 23.2 Å². The normalized spacial score (nSPS) is 11.6. The van der Waals surface area contributed by atoms with Crippen LogP contribution in [0.1, 0.15) is 0 Å². The molecule has 19 heavy (non-hydrogen) atoms. The molecule has 0 saturated carbocycles. The van der Waals surface area contributed by atoms with Crippen molar-refractivity contribution in [1.82, 2.24) is 3.96 Å². The van der Waals surface area contributed by atoms with Crippen LogP contribution in [0.3, 0.4) is 0 Å². The molecule has 1 heterocycles. The maximum absolute atomic E-state index is 12.0. The molecule has 2 rings (SSSR count). The Hall–Kier alpha value is -1.18. The predicted octanol–water partition coefficient (Wildman–Crippen LogP) is 4.10. The Labute approximate surface area is 118 Å². The molecule has 0 spiro atoms. The van der Waals surface area contributed by atoms with Crippen LogP contribution >= 0.6 is 34.7 Å². The van der Waals surface area contributed by atoms with Crippen molar-refractivity contribution in [1.29, 1.82) is 0 Å². The van der Waals surface area contributed by atoms with Gasteiger partial charge in [-0.25, -0.2) is 3.96 Å². The quantitative estimate of drug-likeness (QED) is 0.830. The number of alkyl halides is 3. The molecule has 2 aromatic rings. The summed E-state index contributed by atoms with van der Waals surface area (Å²) in [5, 5.41) is -0.123. The first-order chi connectivity index (χ1) is 8.78. The highest BCUT2D eigenvalue weighted by Gasteiger charge is 2.31. The van der Waals surface area contributed by atoms with E-state index >= 15 is 0 Å². The number of rotatable bonds is 2. The van der Waals surface area contributed by atoms with E-state index in [1.54, 1.807) is 0 Å². The second-order valence-electron chi connectivity index (χ2n) is 3.32. The van der Waals surface area contributed by atoms with Gasteiger partial charge in [-0.1, -0.05) is 23.2 Å². The minimum Gasteiger partial charge on any atom is -0.406 e. The van der Waals surface area contributed by atoms with Crippen LogP contribution in [0.5, 0.6) is 5.75 Å². The van der Waals surface area contributed by atoms with Crippen molar-refractivity contribution >= 4 is 34.7 Å². The second kappa shape index (κ2) is 5.07. The van der Waals surface area contributed by atoms with Crippen molar-refractivity contribution in [2.75, 3.05) is 0 Å². The van der Waals surface area contributed by atoms with Gasteiger partial charge in [-0.2, -0.15) is 0 Å². The smallest absolute Gasteiger partial charge is 0.406 e. The van der Waals surface area contributed by atoms with Crippen LogP contribution in [0.2, 0.25) is 9.36 Å². The number of aromatic nitrogens is 1. The summed E-state index contributed by atoms with van der Waals surface area (Å²) >= 11 is 12.2. The third-order valence-electron chi connectivity index (χ3n) is 2.02. The molecule has 0 aliphatic rings. The molecule has 1 aromatic carbocycles. The maximum atomic E-state index is 12.0. The second-order valence-corrected chi connectivity index (χ2v) is 5.26. The van der Waals surface area contributed by atoms with Gasteiger partial charge in [-0.05, 0) is 35.8 Å². The van der Waals surface area contributed by atoms with E-state index in [0.29, 0.717) is 5.69 Å². The summed E-state index contributed by atoms with van der Waals surface area (Å²) in [6.45, 7) is 0. The van der Waals surface area contributed by atoms with Crippen molar-refractivity contribution in [3.05, 3.63) is 44.0 Å². The standard InChI is InChI=1S/C10H4Cl2F3NO2S/c11-7-8(12)19-16(9(7)17)5-1-3-6(4-2-5)18-10(13,14)15/h1-4H. The first-order valence-electron chi connectivity index (χ1n) is 4.71. The van der Waals surface area contributed by atoms with Crippen molar-refractivity contribution in [2.24, 2.45) is 0 Å². The number of hydrogen-bond acceptors (Lipinski definition) is 3. The Morgan fingerprint density at radius 2 is 1.74 bits per heavy atom. The molecule has 102 valence electrons. The highest BCUT2D eigenvalue weighted by molar-refractivity contribution is 7.12. The third kappa shape index (κ3) is 3.23. The van der Waals surface area contributed by atoms with Crippen LogP contribution < -0.4 is 10.3 Å². The van der Waals surface area contributed by atoms with Crippen LogP contribution in [0, 0.1) is 0 Å². The Morgan fingerprint density at radius 3 is 2.16 bits per heavy atom. The van der Waals surface area contributed by atoms with E-state index in [2.05, 4.69) is 4.74 Å². The Morgan fingerprint density at radius 1 is 1.16 bits per heavy atom. The average Bonchev–Trinajstić information content (AvgIpc) is 2.56. The van der Waals surface area contributed by atoms with Gasteiger partial charge in [0.05, 0.1) is 5.69 Å². The van der Waals surface area contributed by atoms with Gasteiger partial charge < -0.3 is 4.74 Å². The number of benzene rings is 1. The van der Waals surface area contributed by atoms with Crippen molar-refractivity contribution in [3.8, 4) is 11.4 Å². The minimum absolute atomic E-state index is 0.113. The molecule has 0 amide bonds. The molecule has 0 aliphatic heterocycles. The molecular formula is C10H4Cl2F3NO2S. The molecule has 1 aromatic heterocycles. The lowest BCUT2D eigenvalue weighted by Gasteiger charge is -2.09. The van der Waals surface area contributed by atoms with Gasteiger partial charge in [-0.3, -0.25) is 4.79 Å². The van der Waals surface area contributed by atoms with Crippen LogP contribution in [0.4, 0.5) is 13.2 Å². The molecule has 0 unspecified atom stereocenters. The Bertz CT molecular complexity index is 648. The van der Waals surface area contributed by atoms with Crippen molar-refractivity contribution in [2.45, 2.75) is 6.36 Å². The monoisotopic (exact) mass is 329 g/mol. The molecule has 3 nitrogen and oxygen atoms in total. The van der Waals surface area contributed by atoms with E-state index < -0.39 is 11.9 Å². The van der Waals surface area contributed by atoms with E-state index in [0.717, 1.165) is 23.7 Å². The van der Waals surface area contributed by atoms with Crippen LogP contribution in [-0.4, -0.2) is 10.3 Å². The number of hydrogen-bond donors (Lipinski definition) is 0. The summed E-state index contributed by atoms with van der Waals surface area (Å²) in [5.41, 5.74) is -0.181. The molecule has 0 radical (unpaired) electrons. The Balaban J connectivity index is 2.33. The molecule has 0 aliphatic carbocycles. The summed E-state index contributed by atoms with van der Waals surface area (Å²) in [7, 11) is 0. The predicted molar refractivity (Wildman–Crippen MR) is 66.6 cm³/mol. The summed E-state index contributed by atoms with van der Waals surface area (Å²) in [6.07, 6.45) is -4.76. The first-order valence-corrected chi connectivity index (χ1v) is 6.24. The highest BCUT2D eigenvalue weighted by atomic mass is 35.5. The van der Waals surface area contributed by atoms with Crippen molar-refractivity contribution < 1.29 is 17.9 Å². The van der Waals surface area contributed by atoms with E-state index in [9.17, 15) is 18.0 Å². The molecule has 0 N–H and O–H groups in total. The Kier molecular flexibility index (Phi) is 3.80. The third-order valence-corrected chi connectivity index (χ3v) is 3.90. The van der Waals surface area contributed by atoms with Gasteiger partial charge in [0.1, 0.15) is 15.1 Å². The molecule has 0 bridgehead atoms. The zero-order chi connectivity index (χ0) is 14.2. The van der Waals surface area contributed by atoms with Gasteiger partial charge in [-0.15, -0.1) is 13.2 Å². The average molecular weight is 330 g/mol. The number of nitrogens with zero attached hydrogens (tertiary/aromatic N) is 1. The number of ether oxygens (including phenoxy) is 1. The molecule has 9 heteroatoms. The summed E-state index contributed by atoms with van der Waals surface area (Å²) in [4.78, 5) is 11.6. The van der Waals surface area contributed by atoms with E-state index in [-0.39, 0.29) is 15.1 Å². The molecule has 0 atom stereocenters. The van der Waals surface area contributed by atoms with Gasteiger partial charge in [0.2, 0.25) is 0 Å². The lowest BCUT2D eigenvalue weighted by atomic mass is 10.3. The topological polar surface area (TPSA) is 31.2 Å². The zero-order valence-electron chi connectivity index (χ0n) is 8.87. The van der Waals surface area contributed by atoms with Crippen LogP contribution in [0.25, 0.3) is 5.69 Å². The fourth-order valence-electron chi connectivity index (χ4n) is 1.29. The van der Waals surface area contributed by atoms with E-state index in [1.165, 1.54) is 16.1 Å². The molecule has 0 saturated heterocycles. The zero-order valence-corrected chi connectivity index (χ0v) is 11.2. The fraction of sp³-hybridized carbons (Fsp3) is 0.100. The highest BCUT2D eigenvalue weighted by Crippen LogP contribution is 2.27. The van der Waals surface area contributed by atoms with Gasteiger partial charge in [0, 0.05) is 0 Å². The lowest BCUT2D eigenvalue weighted by molar-refractivity contribution is -0.274. The van der Waals surface area contributed by atoms with Gasteiger partial charge >= 0.3 is 6.36 Å². The van der Waals surface area contributed by atoms with Gasteiger partial charge in [0.15, 0.2) is 0 Å². The van der Waals surface area contributed by atoms with Gasteiger partial charge in [0.25, 0.3) is 5.56 Å². The lowest BCUT2D eigenvalue weighted by Crippen LogP contribution is -2.17. The van der Waals surface area contributed by atoms with E-state index in [1.807, 2.05) is 0 Å². The minimum atomic E-state index is -4.76. The summed E-state index contributed by atoms with van der Waals surface area (Å²) < 4.78 is 40.9. The summed E-state index contributed by atoms with van der Waals surface area (Å²) in [6, 6.07) is 4.78. The summed E-state index contributed by atoms with van der Waals surface area (Å²) in [5.74, 6) is -0.377. The first kappa shape index (κ1) is 14.2. The maximum Gasteiger partial charge on any atom is 0.573 e. The molecular weight excluding hydrogens is 326 g/mol.